The first-order valence-corrected chi connectivity index (χ1v) is 11.0. The summed E-state index contributed by atoms with van der Waals surface area (Å²) >= 11 is 6.31. The maximum Gasteiger partial charge on any atom is 0.513 e. The molecule has 0 saturated carbocycles. The first-order valence-electron chi connectivity index (χ1n) is 10.6. The number of phenolic OH excluding ortho intramolecular Hbond substituents is 1. The van der Waals surface area contributed by atoms with Crippen molar-refractivity contribution >= 4 is 28.7 Å². The summed E-state index contributed by atoms with van der Waals surface area (Å²) in [7, 11) is 1.89. The number of piperidine rings is 1. The number of aliphatic hydroxyl groups excluding tert-OH is 1. The van der Waals surface area contributed by atoms with Gasteiger partial charge in [0.15, 0.2) is 11.2 Å². The molecule has 0 bridgehead atoms. The summed E-state index contributed by atoms with van der Waals surface area (Å²) in [6, 6.07) is 9.32. The lowest BCUT2D eigenvalue weighted by atomic mass is 9.85. The van der Waals surface area contributed by atoms with Crippen LogP contribution < -0.4 is 10.2 Å². The summed E-state index contributed by atoms with van der Waals surface area (Å²) in [5, 5.41) is 22.0. The van der Waals surface area contributed by atoms with Crippen LogP contribution in [0.2, 0.25) is 5.02 Å². The van der Waals surface area contributed by atoms with Crippen LogP contribution in [0.3, 0.4) is 0 Å². The molecule has 0 amide bonds. The largest absolute Gasteiger partial charge is 0.513 e. The molecule has 8 nitrogen and oxygen atoms in total. The monoisotopic (exact) mass is 473 g/mol. The maximum atomic E-state index is 13.2. The number of aromatic hydroxyl groups is 1. The highest BCUT2D eigenvalue weighted by Gasteiger charge is 2.33. The van der Waals surface area contributed by atoms with Gasteiger partial charge in [-0.05, 0) is 39.1 Å². The number of hydrogen-bond donors (Lipinski definition) is 2. The first kappa shape index (κ1) is 23.1. The number of carbonyl (C=O) groups is 1. The zero-order chi connectivity index (χ0) is 23.7. The Morgan fingerprint density at radius 1 is 1.30 bits per heavy atom. The third-order valence-corrected chi connectivity index (χ3v) is 6.06. The average Bonchev–Trinajstić information content (AvgIpc) is 2.75. The highest BCUT2D eigenvalue weighted by molar-refractivity contribution is 6.33. The van der Waals surface area contributed by atoms with Crippen LogP contribution in [0.1, 0.15) is 24.8 Å². The van der Waals surface area contributed by atoms with Gasteiger partial charge < -0.3 is 29.0 Å². The highest BCUT2D eigenvalue weighted by Crippen LogP contribution is 2.43. The van der Waals surface area contributed by atoms with Crippen LogP contribution in [0.4, 0.5) is 4.79 Å². The SMILES string of the molecule is CCOC(=O)Oc1cc(O)c([C@H]2CCN(C)C[C@H]2O)c2oc(-c3ccccc3Cl)cc(=O)c12. The number of likely N-dealkylation sites (N-methyl/N-ethyl adjacent to an activating group) is 1. The fourth-order valence-corrected chi connectivity index (χ4v) is 4.43. The van der Waals surface area contributed by atoms with Gasteiger partial charge in [-0.2, -0.15) is 0 Å². The molecule has 2 atom stereocenters. The Kier molecular flexibility index (Phi) is 6.60. The maximum absolute atomic E-state index is 13.2. The van der Waals surface area contributed by atoms with E-state index in [-0.39, 0.29) is 40.4 Å². The average molecular weight is 474 g/mol. The minimum absolute atomic E-state index is 0.0298. The van der Waals surface area contributed by atoms with Crippen LogP contribution in [0.5, 0.6) is 11.5 Å². The topological polar surface area (TPSA) is 109 Å². The van der Waals surface area contributed by atoms with Crippen molar-refractivity contribution in [3.63, 3.8) is 0 Å². The Balaban J connectivity index is 1.98. The molecule has 2 N–H and O–H groups in total. The van der Waals surface area contributed by atoms with Crippen LogP contribution in [0.15, 0.2) is 45.6 Å². The van der Waals surface area contributed by atoms with Gasteiger partial charge in [-0.25, -0.2) is 4.79 Å². The van der Waals surface area contributed by atoms with Crippen molar-refractivity contribution in [3.8, 4) is 22.8 Å². The van der Waals surface area contributed by atoms with Crippen molar-refractivity contribution in [2.75, 3.05) is 26.7 Å². The van der Waals surface area contributed by atoms with Crippen LogP contribution in [0, 0.1) is 0 Å². The van der Waals surface area contributed by atoms with Crippen molar-refractivity contribution in [3.05, 3.63) is 57.2 Å². The predicted octanol–water partition coefficient (Wildman–Crippen LogP) is 4.13. The molecule has 1 fully saturated rings. The van der Waals surface area contributed by atoms with Gasteiger partial charge in [0, 0.05) is 35.7 Å². The number of fused-ring (bicyclic) bond motifs is 1. The molecule has 2 aromatic carbocycles. The molecule has 1 aliphatic rings. The van der Waals surface area contributed by atoms with E-state index in [2.05, 4.69) is 0 Å². The molecule has 1 saturated heterocycles. The quantitative estimate of drug-likeness (QED) is 0.430. The Labute approximate surface area is 194 Å². The van der Waals surface area contributed by atoms with Crippen molar-refractivity contribution in [1.29, 1.82) is 0 Å². The number of likely N-dealkylation sites (tertiary alicyclic amines) is 1. The van der Waals surface area contributed by atoms with E-state index < -0.39 is 23.6 Å². The van der Waals surface area contributed by atoms with Gasteiger partial charge in [0.25, 0.3) is 0 Å². The molecular weight excluding hydrogens is 450 g/mol. The fourth-order valence-electron chi connectivity index (χ4n) is 4.20. The molecule has 0 spiro atoms. The molecular formula is C24H24ClNO7. The fraction of sp³-hybridized carbons (Fsp3) is 0.333. The minimum atomic E-state index is -1.01. The number of aliphatic hydroxyl groups is 1. The summed E-state index contributed by atoms with van der Waals surface area (Å²) in [5.74, 6) is -0.749. The van der Waals surface area contributed by atoms with Gasteiger partial charge in [-0.3, -0.25) is 4.79 Å². The molecule has 174 valence electrons. The molecule has 0 aliphatic carbocycles. The van der Waals surface area contributed by atoms with E-state index >= 15 is 0 Å². The van der Waals surface area contributed by atoms with Crippen LogP contribution in [-0.4, -0.2) is 54.1 Å². The van der Waals surface area contributed by atoms with Gasteiger partial charge >= 0.3 is 6.16 Å². The van der Waals surface area contributed by atoms with Gasteiger partial charge in [-0.15, -0.1) is 0 Å². The number of ether oxygens (including phenoxy) is 2. The van der Waals surface area contributed by atoms with Crippen LogP contribution in [0.25, 0.3) is 22.3 Å². The van der Waals surface area contributed by atoms with Crippen molar-refractivity contribution in [1.82, 2.24) is 4.90 Å². The third kappa shape index (κ3) is 4.55. The van der Waals surface area contributed by atoms with E-state index in [1.807, 2.05) is 11.9 Å². The standard InChI is InChI=1S/C24H24ClNO7/c1-3-31-24(30)33-20-11-16(27)21(14-8-9-26(2)12-18(14)29)23-22(20)17(28)10-19(32-23)13-6-4-5-7-15(13)25/h4-7,10-11,14,18,27,29H,3,8-9,12H2,1-2H3/t14-,18+/m0/s1. The second-order valence-corrected chi connectivity index (χ2v) is 8.38. The van der Waals surface area contributed by atoms with Gasteiger partial charge in [0.2, 0.25) is 0 Å². The number of rotatable bonds is 4. The Morgan fingerprint density at radius 3 is 2.76 bits per heavy atom. The normalized spacial score (nSPS) is 18.9. The summed E-state index contributed by atoms with van der Waals surface area (Å²) < 4.78 is 16.2. The highest BCUT2D eigenvalue weighted by atomic mass is 35.5. The Hall–Kier alpha value is -3.07. The smallest absolute Gasteiger partial charge is 0.507 e. The van der Waals surface area contributed by atoms with Crippen molar-refractivity contribution in [2.45, 2.75) is 25.4 Å². The van der Waals surface area contributed by atoms with Crippen molar-refractivity contribution in [2.24, 2.45) is 0 Å². The lowest BCUT2D eigenvalue weighted by molar-refractivity contribution is 0.0630. The summed E-state index contributed by atoms with van der Waals surface area (Å²) in [6.07, 6.45) is -1.29. The van der Waals surface area contributed by atoms with Gasteiger partial charge in [0.1, 0.15) is 22.5 Å². The lowest BCUT2D eigenvalue weighted by Gasteiger charge is -2.34. The molecule has 4 rings (SSSR count). The summed E-state index contributed by atoms with van der Waals surface area (Å²) in [4.78, 5) is 27.2. The number of nitrogens with zero attached hydrogens (tertiary/aromatic N) is 1. The second kappa shape index (κ2) is 9.43. The molecule has 9 heteroatoms. The molecule has 0 radical (unpaired) electrons. The zero-order valence-corrected chi connectivity index (χ0v) is 19.0. The van der Waals surface area contributed by atoms with Gasteiger partial charge in [-0.1, -0.05) is 23.7 Å². The van der Waals surface area contributed by atoms with E-state index in [1.54, 1.807) is 31.2 Å². The van der Waals surface area contributed by atoms with E-state index in [9.17, 15) is 19.8 Å². The Morgan fingerprint density at radius 2 is 2.06 bits per heavy atom. The Bertz CT molecular complexity index is 1260. The molecule has 33 heavy (non-hydrogen) atoms. The van der Waals surface area contributed by atoms with Gasteiger partial charge in [0.05, 0.1) is 17.7 Å². The third-order valence-electron chi connectivity index (χ3n) is 5.73. The molecule has 1 aliphatic heterocycles. The van der Waals surface area contributed by atoms with E-state index in [0.717, 1.165) is 0 Å². The molecule has 2 heterocycles. The van der Waals surface area contributed by atoms with Crippen LogP contribution in [-0.2, 0) is 4.74 Å². The van der Waals surface area contributed by atoms with E-state index in [4.69, 9.17) is 25.5 Å². The number of β-amino-alcohol motifs (C(OH)–C–C–N with tert-alkyl or cyclic N) is 1. The number of phenols is 1. The molecule has 0 unspecified atom stereocenters. The number of carbonyl (C=O) groups excluding carboxylic acids is 1. The second-order valence-electron chi connectivity index (χ2n) is 7.98. The predicted molar refractivity (Wildman–Crippen MR) is 123 cm³/mol. The van der Waals surface area contributed by atoms with Crippen LogP contribution >= 0.6 is 11.6 Å². The number of halogens is 1. The molecule has 1 aromatic heterocycles. The number of benzene rings is 2. The van der Waals surface area contributed by atoms with Crippen molar-refractivity contribution < 1.29 is 28.9 Å². The summed E-state index contributed by atoms with van der Waals surface area (Å²) in [6.45, 7) is 2.76. The van der Waals surface area contributed by atoms with E-state index in [0.29, 0.717) is 30.1 Å². The van der Waals surface area contributed by atoms with E-state index in [1.165, 1.54) is 12.1 Å². The molecule has 3 aromatic rings. The zero-order valence-electron chi connectivity index (χ0n) is 18.2. The summed E-state index contributed by atoms with van der Waals surface area (Å²) in [5.41, 5.74) is 0.316. The number of hydrogen-bond acceptors (Lipinski definition) is 8. The minimum Gasteiger partial charge on any atom is -0.507 e. The first-order chi connectivity index (χ1) is 15.8. The lowest BCUT2D eigenvalue weighted by Crippen LogP contribution is -2.40.